The maximum atomic E-state index is 12.8. The fraction of sp³-hybridized carbons (Fsp3) is 0.240. The number of hydrogen-bond acceptors (Lipinski definition) is 5. The number of rotatable bonds is 10. The van der Waals surface area contributed by atoms with E-state index in [0.29, 0.717) is 6.61 Å². The number of nitriles is 1. The molecule has 31 heavy (non-hydrogen) atoms. The van der Waals surface area contributed by atoms with E-state index < -0.39 is 22.1 Å². The van der Waals surface area contributed by atoms with Crippen LogP contribution in [0.15, 0.2) is 89.8 Å². The molecule has 3 aromatic rings. The van der Waals surface area contributed by atoms with Gasteiger partial charge in [0.05, 0.1) is 30.1 Å². The summed E-state index contributed by atoms with van der Waals surface area (Å²) < 4.78 is 37.0. The normalized spacial score (nSPS) is 13.3. The van der Waals surface area contributed by atoms with E-state index in [1.807, 2.05) is 67.6 Å². The van der Waals surface area contributed by atoms with Crippen LogP contribution < -0.4 is 0 Å². The Morgan fingerprint density at radius 3 is 2.13 bits per heavy atom. The smallest absolute Gasteiger partial charge is 0.297 e. The minimum absolute atomic E-state index is 0.0466. The number of hydrogen-bond donors (Lipinski definition) is 0. The van der Waals surface area contributed by atoms with Crippen molar-refractivity contribution in [2.24, 2.45) is 0 Å². The van der Waals surface area contributed by atoms with Gasteiger partial charge >= 0.3 is 0 Å². The van der Waals surface area contributed by atoms with Gasteiger partial charge in [-0.2, -0.15) is 13.7 Å². The first-order valence-corrected chi connectivity index (χ1v) is 11.4. The maximum Gasteiger partial charge on any atom is 0.297 e. The lowest BCUT2D eigenvalue weighted by Crippen LogP contribution is -2.26. The molecule has 3 rings (SSSR count). The van der Waals surface area contributed by atoms with Gasteiger partial charge in [0.1, 0.15) is 6.10 Å². The predicted octanol–water partition coefficient (Wildman–Crippen LogP) is 4.98. The summed E-state index contributed by atoms with van der Waals surface area (Å²) in [6, 6.07) is 27.6. The first-order valence-electron chi connectivity index (χ1n) is 10.0. The summed E-state index contributed by atoms with van der Waals surface area (Å²) >= 11 is 0. The third kappa shape index (κ3) is 6.76. The number of nitrogens with zero attached hydrogens (tertiary/aromatic N) is 1. The molecule has 0 bridgehead atoms. The molecule has 0 aliphatic rings. The summed E-state index contributed by atoms with van der Waals surface area (Å²) in [4.78, 5) is 0.0828. The minimum atomic E-state index is -4.00. The molecule has 0 spiro atoms. The first kappa shape index (κ1) is 22.7. The van der Waals surface area contributed by atoms with Crippen molar-refractivity contribution in [1.82, 2.24) is 0 Å². The Kier molecular flexibility index (Phi) is 7.96. The highest BCUT2D eigenvalue weighted by molar-refractivity contribution is 7.86. The monoisotopic (exact) mass is 435 g/mol. The van der Waals surface area contributed by atoms with Crippen LogP contribution in [0.4, 0.5) is 0 Å². The zero-order valence-corrected chi connectivity index (χ0v) is 18.2. The average molecular weight is 436 g/mol. The fourth-order valence-electron chi connectivity index (χ4n) is 3.17. The summed E-state index contributed by atoms with van der Waals surface area (Å²) in [5.41, 5.74) is 2.74. The van der Waals surface area contributed by atoms with Gasteiger partial charge in [0, 0.05) is 0 Å². The van der Waals surface area contributed by atoms with Gasteiger partial charge in [-0.15, -0.1) is 0 Å². The molecule has 0 aromatic heterocycles. The zero-order valence-electron chi connectivity index (χ0n) is 17.3. The molecule has 2 unspecified atom stereocenters. The molecular weight excluding hydrogens is 410 g/mol. The van der Waals surface area contributed by atoms with Crippen molar-refractivity contribution in [2.75, 3.05) is 6.61 Å². The van der Waals surface area contributed by atoms with Gasteiger partial charge in [0.2, 0.25) is 0 Å². The van der Waals surface area contributed by atoms with Gasteiger partial charge in [-0.1, -0.05) is 78.4 Å². The van der Waals surface area contributed by atoms with Crippen molar-refractivity contribution in [2.45, 2.75) is 36.9 Å². The highest BCUT2D eigenvalue weighted by atomic mass is 32.2. The SMILES string of the molecule is Cc1ccc(S(=O)(=O)OC(COCc2ccccc2)CC(C#N)c2ccccc2)cc1. The molecule has 0 heterocycles. The Morgan fingerprint density at radius 2 is 1.52 bits per heavy atom. The summed E-state index contributed by atoms with van der Waals surface area (Å²) in [6.45, 7) is 2.26. The molecule has 0 N–H and O–H groups in total. The predicted molar refractivity (Wildman–Crippen MR) is 119 cm³/mol. The molecule has 0 fully saturated rings. The van der Waals surface area contributed by atoms with Crippen LogP contribution in [0, 0.1) is 18.3 Å². The fourth-order valence-corrected chi connectivity index (χ4v) is 4.24. The Balaban J connectivity index is 1.75. The van der Waals surface area contributed by atoms with E-state index in [9.17, 15) is 13.7 Å². The topological polar surface area (TPSA) is 76.4 Å². The number of benzene rings is 3. The van der Waals surface area contributed by atoms with Gasteiger partial charge in [-0.3, -0.25) is 4.18 Å². The molecule has 0 saturated carbocycles. The average Bonchev–Trinajstić information content (AvgIpc) is 2.78. The zero-order chi connectivity index (χ0) is 22.1. The molecule has 0 saturated heterocycles. The van der Waals surface area contributed by atoms with E-state index in [4.69, 9.17) is 8.92 Å². The van der Waals surface area contributed by atoms with Crippen molar-refractivity contribution < 1.29 is 17.3 Å². The quantitative estimate of drug-likeness (QED) is 0.420. The summed E-state index contributed by atoms with van der Waals surface area (Å²) in [6.07, 6.45) is -0.611. The van der Waals surface area contributed by atoms with Crippen molar-refractivity contribution in [3.8, 4) is 6.07 Å². The van der Waals surface area contributed by atoms with Crippen LogP contribution in [0.1, 0.15) is 29.0 Å². The molecule has 0 radical (unpaired) electrons. The second-order valence-electron chi connectivity index (χ2n) is 7.31. The summed E-state index contributed by atoms with van der Waals surface area (Å²) in [7, 11) is -4.00. The summed E-state index contributed by atoms with van der Waals surface area (Å²) in [5, 5.41) is 9.68. The summed E-state index contributed by atoms with van der Waals surface area (Å²) in [5.74, 6) is -0.514. The maximum absolute atomic E-state index is 12.8. The molecular formula is C25H25NO4S. The van der Waals surface area contributed by atoms with Crippen molar-refractivity contribution in [1.29, 1.82) is 5.26 Å². The first-order chi connectivity index (χ1) is 15.0. The Labute approximate surface area is 184 Å². The molecule has 0 amide bonds. The van der Waals surface area contributed by atoms with Crippen molar-refractivity contribution in [3.63, 3.8) is 0 Å². The Bertz CT molecular complexity index is 1090. The van der Waals surface area contributed by atoms with Crippen LogP contribution in [0.25, 0.3) is 0 Å². The minimum Gasteiger partial charge on any atom is -0.374 e. The number of ether oxygens (including phenoxy) is 1. The van der Waals surface area contributed by atoms with Crippen LogP contribution >= 0.6 is 0 Å². The Hall–Kier alpha value is -2.98. The lowest BCUT2D eigenvalue weighted by Gasteiger charge is -2.20. The highest BCUT2D eigenvalue weighted by Crippen LogP contribution is 2.25. The molecule has 0 aliphatic heterocycles. The molecule has 2 atom stereocenters. The number of aryl methyl sites for hydroxylation is 1. The standard InChI is InChI=1S/C25H25NO4S/c1-20-12-14-25(15-13-20)31(27,28)30-24(19-29-18-21-8-4-2-5-9-21)16-23(17-26)22-10-6-3-7-11-22/h2-15,23-24H,16,18-19H2,1H3. The van der Waals surface area contributed by atoms with Gasteiger partial charge in [-0.05, 0) is 36.6 Å². The third-order valence-corrected chi connectivity index (χ3v) is 6.22. The molecule has 6 heteroatoms. The van der Waals surface area contributed by atoms with Gasteiger partial charge < -0.3 is 4.74 Å². The molecule has 5 nitrogen and oxygen atoms in total. The highest BCUT2D eigenvalue weighted by Gasteiger charge is 2.26. The molecule has 3 aromatic carbocycles. The van der Waals surface area contributed by atoms with Crippen LogP contribution in [-0.4, -0.2) is 21.1 Å². The van der Waals surface area contributed by atoms with E-state index in [1.165, 1.54) is 12.1 Å². The molecule has 0 aliphatic carbocycles. The second-order valence-corrected chi connectivity index (χ2v) is 8.89. The lowest BCUT2D eigenvalue weighted by molar-refractivity contribution is 0.0391. The van der Waals surface area contributed by atoms with Crippen LogP contribution in [0.5, 0.6) is 0 Å². The van der Waals surface area contributed by atoms with E-state index in [1.54, 1.807) is 12.1 Å². The molecule has 160 valence electrons. The van der Waals surface area contributed by atoms with E-state index in [2.05, 4.69) is 6.07 Å². The second kappa shape index (κ2) is 10.9. The van der Waals surface area contributed by atoms with Crippen LogP contribution in [0.3, 0.4) is 0 Å². The van der Waals surface area contributed by atoms with E-state index >= 15 is 0 Å². The third-order valence-electron chi connectivity index (χ3n) is 4.84. The largest absolute Gasteiger partial charge is 0.374 e. The van der Waals surface area contributed by atoms with Gasteiger partial charge in [-0.25, -0.2) is 0 Å². The van der Waals surface area contributed by atoms with E-state index in [0.717, 1.165) is 16.7 Å². The van der Waals surface area contributed by atoms with E-state index in [-0.39, 0.29) is 17.9 Å². The van der Waals surface area contributed by atoms with Crippen LogP contribution in [0.2, 0.25) is 0 Å². The van der Waals surface area contributed by atoms with Gasteiger partial charge in [0.25, 0.3) is 10.1 Å². The van der Waals surface area contributed by atoms with Crippen LogP contribution in [-0.2, 0) is 25.6 Å². The Morgan fingerprint density at radius 1 is 0.903 bits per heavy atom. The van der Waals surface area contributed by atoms with Crippen molar-refractivity contribution in [3.05, 3.63) is 102 Å². The van der Waals surface area contributed by atoms with Crippen molar-refractivity contribution >= 4 is 10.1 Å². The van der Waals surface area contributed by atoms with Gasteiger partial charge in [0.15, 0.2) is 0 Å². The lowest BCUT2D eigenvalue weighted by atomic mass is 9.95.